The van der Waals surface area contributed by atoms with Crippen molar-refractivity contribution in [2.24, 2.45) is 0 Å². The number of carbonyl (C=O) groups excluding carboxylic acids is 1. The minimum Gasteiger partial charge on any atom is -0.338 e. The van der Waals surface area contributed by atoms with Crippen molar-refractivity contribution >= 4 is 50.7 Å². The Morgan fingerprint density at radius 1 is 1.15 bits per heavy atom. The quantitative estimate of drug-likeness (QED) is 0.684. The topological polar surface area (TPSA) is 75.2 Å². The van der Waals surface area contributed by atoms with Crippen molar-refractivity contribution in [3.8, 4) is 0 Å². The van der Waals surface area contributed by atoms with Crippen LogP contribution in [0.2, 0.25) is 10.0 Å². The molecule has 9 heteroatoms. The molecule has 3 heterocycles. The van der Waals surface area contributed by atoms with Gasteiger partial charge in [-0.1, -0.05) is 29.3 Å². The summed E-state index contributed by atoms with van der Waals surface area (Å²) in [6.45, 7) is 0.862. The monoisotopic (exact) mass is 423 g/mol. The highest BCUT2D eigenvalue weighted by Crippen LogP contribution is 2.28. The summed E-state index contributed by atoms with van der Waals surface area (Å²) >= 11 is 13.5. The zero-order valence-corrected chi connectivity index (χ0v) is 16.4. The highest BCUT2D eigenvalue weighted by molar-refractivity contribution is 7.17. The predicted molar refractivity (Wildman–Crippen MR) is 107 cm³/mol. The molecule has 2 aromatic heterocycles. The number of aromatic nitrogens is 2. The van der Waals surface area contributed by atoms with Gasteiger partial charge in [-0.15, -0.1) is 11.3 Å². The fraction of sp³-hybridized carbons (Fsp3) is 0.278. The third-order valence-electron chi connectivity index (χ3n) is 4.84. The molecule has 1 saturated heterocycles. The molecule has 27 heavy (non-hydrogen) atoms. The number of nitrogens with one attached hydrogen (secondary N) is 1. The van der Waals surface area contributed by atoms with Crippen molar-refractivity contribution in [2.75, 3.05) is 13.1 Å². The molecule has 1 fully saturated rings. The lowest BCUT2D eigenvalue weighted by atomic mass is 10.0. The van der Waals surface area contributed by atoms with Gasteiger partial charge < -0.3 is 9.88 Å². The van der Waals surface area contributed by atoms with Crippen molar-refractivity contribution in [2.45, 2.75) is 18.9 Å². The molecule has 6 nitrogen and oxygen atoms in total. The lowest BCUT2D eigenvalue weighted by Crippen LogP contribution is -2.44. The summed E-state index contributed by atoms with van der Waals surface area (Å²) in [4.78, 5) is 42.2. The van der Waals surface area contributed by atoms with Crippen LogP contribution in [0.3, 0.4) is 0 Å². The Kier molecular flexibility index (Phi) is 4.84. The molecule has 4 rings (SSSR count). The number of amides is 1. The first-order valence-electron chi connectivity index (χ1n) is 8.42. The van der Waals surface area contributed by atoms with Crippen LogP contribution in [0.1, 0.15) is 29.2 Å². The van der Waals surface area contributed by atoms with Crippen LogP contribution in [-0.2, 0) is 0 Å². The number of likely N-dealkylation sites (tertiary alicyclic amines) is 1. The Morgan fingerprint density at radius 3 is 2.63 bits per heavy atom. The summed E-state index contributed by atoms with van der Waals surface area (Å²) in [6.07, 6.45) is 1.04. The van der Waals surface area contributed by atoms with Crippen molar-refractivity contribution in [3.63, 3.8) is 0 Å². The Hall–Kier alpha value is -2.09. The van der Waals surface area contributed by atoms with Crippen molar-refractivity contribution in [1.82, 2.24) is 14.5 Å². The first-order chi connectivity index (χ1) is 13.0. The summed E-state index contributed by atoms with van der Waals surface area (Å²) in [5.74, 6) is -0.198. The molecule has 140 valence electrons. The minimum atomic E-state index is -0.409. The van der Waals surface area contributed by atoms with Crippen LogP contribution in [0.5, 0.6) is 0 Å². The highest BCUT2D eigenvalue weighted by atomic mass is 35.5. The zero-order valence-electron chi connectivity index (χ0n) is 14.1. The van der Waals surface area contributed by atoms with Gasteiger partial charge in [0.05, 0.1) is 21.1 Å². The van der Waals surface area contributed by atoms with Gasteiger partial charge in [-0.3, -0.25) is 14.2 Å². The Bertz CT molecular complexity index is 1140. The van der Waals surface area contributed by atoms with Gasteiger partial charge in [-0.25, -0.2) is 4.79 Å². The third kappa shape index (κ3) is 3.20. The average molecular weight is 424 g/mol. The second kappa shape index (κ2) is 7.14. The van der Waals surface area contributed by atoms with E-state index < -0.39 is 5.69 Å². The molecule has 1 aliphatic heterocycles. The van der Waals surface area contributed by atoms with E-state index in [0.29, 0.717) is 46.7 Å². The van der Waals surface area contributed by atoms with Crippen LogP contribution in [0.25, 0.3) is 10.2 Å². The molecule has 1 N–H and O–H groups in total. The number of hydrogen-bond donors (Lipinski definition) is 1. The fourth-order valence-corrected chi connectivity index (χ4v) is 4.62. The number of fused-ring (bicyclic) bond motifs is 1. The number of piperidine rings is 1. The summed E-state index contributed by atoms with van der Waals surface area (Å²) < 4.78 is 1.83. The van der Waals surface area contributed by atoms with Crippen LogP contribution >= 0.6 is 34.5 Å². The van der Waals surface area contributed by atoms with E-state index in [0.717, 1.165) is 0 Å². The standard InChI is InChI=1S/C18H15Cl2N3O3S/c19-12-3-1-2-11(14(12)20)16(24)22-7-4-10(5-8-22)23-17(25)15-13(6-9-27-15)21-18(23)26/h1-3,6,9-10H,4-5,7-8H2,(H,21,26). The SMILES string of the molecule is O=C(c1cccc(Cl)c1Cl)N1CCC(n2c(=O)[nH]c3ccsc3c2=O)CC1. The number of halogens is 2. The van der Waals surface area contributed by atoms with Gasteiger partial charge in [0.1, 0.15) is 4.70 Å². The van der Waals surface area contributed by atoms with Crippen LogP contribution in [0.4, 0.5) is 0 Å². The normalized spacial score (nSPS) is 15.4. The second-order valence-electron chi connectivity index (χ2n) is 6.39. The summed E-state index contributed by atoms with van der Waals surface area (Å²) in [5, 5.41) is 2.35. The Morgan fingerprint density at radius 2 is 1.89 bits per heavy atom. The maximum Gasteiger partial charge on any atom is 0.329 e. The number of H-pyrrole nitrogens is 1. The first kappa shape index (κ1) is 18.3. The molecule has 3 aromatic rings. The van der Waals surface area contributed by atoms with Gasteiger partial charge in [-0.05, 0) is 36.4 Å². The van der Waals surface area contributed by atoms with E-state index in [9.17, 15) is 14.4 Å². The number of nitrogens with zero attached hydrogens (tertiary/aromatic N) is 2. The predicted octanol–water partition coefficient (Wildman–Crippen LogP) is 3.54. The smallest absolute Gasteiger partial charge is 0.329 e. The van der Waals surface area contributed by atoms with Crippen LogP contribution in [0, 0.1) is 0 Å². The average Bonchev–Trinajstić information content (AvgIpc) is 3.13. The molecule has 0 spiro atoms. The van der Waals surface area contributed by atoms with Crippen molar-refractivity contribution < 1.29 is 4.79 Å². The molecule has 0 radical (unpaired) electrons. The minimum absolute atomic E-state index is 0.198. The van der Waals surface area contributed by atoms with Gasteiger partial charge in [-0.2, -0.15) is 0 Å². The first-order valence-corrected chi connectivity index (χ1v) is 10.1. The zero-order chi connectivity index (χ0) is 19.1. The molecule has 0 aliphatic carbocycles. The number of hydrogen-bond acceptors (Lipinski definition) is 4. The number of thiophene rings is 1. The summed E-state index contributed by atoms with van der Waals surface area (Å²) in [6, 6.07) is 6.44. The van der Waals surface area contributed by atoms with E-state index in [4.69, 9.17) is 23.2 Å². The molecular weight excluding hydrogens is 409 g/mol. The lowest BCUT2D eigenvalue weighted by molar-refractivity contribution is 0.0692. The molecule has 1 aromatic carbocycles. The maximum atomic E-state index is 12.7. The highest BCUT2D eigenvalue weighted by Gasteiger charge is 2.28. The third-order valence-corrected chi connectivity index (χ3v) is 6.56. The molecule has 0 bridgehead atoms. The van der Waals surface area contributed by atoms with E-state index >= 15 is 0 Å². The van der Waals surface area contributed by atoms with E-state index in [1.54, 1.807) is 34.5 Å². The summed E-state index contributed by atoms with van der Waals surface area (Å²) in [5.41, 5.74) is 0.243. The van der Waals surface area contributed by atoms with E-state index in [1.807, 2.05) is 0 Å². The van der Waals surface area contributed by atoms with E-state index in [-0.39, 0.29) is 22.5 Å². The lowest BCUT2D eigenvalue weighted by Gasteiger charge is -2.32. The van der Waals surface area contributed by atoms with Gasteiger partial charge >= 0.3 is 5.69 Å². The van der Waals surface area contributed by atoms with Crippen LogP contribution in [0.15, 0.2) is 39.2 Å². The van der Waals surface area contributed by atoms with Crippen LogP contribution < -0.4 is 11.2 Å². The van der Waals surface area contributed by atoms with Gasteiger partial charge in [0, 0.05) is 19.1 Å². The number of carbonyl (C=O) groups is 1. The molecule has 0 atom stereocenters. The second-order valence-corrected chi connectivity index (χ2v) is 8.09. The Labute approximate surface area is 167 Å². The van der Waals surface area contributed by atoms with Crippen molar-refractivity contribution in [3.05, 3.63) is 66.1 Å². The largest absolute Gasteiger partial charge is 0.338 e. The number of rotatable bonds is 2. The maximum absolute atomic E-state index is 12.7. The fourth-order valence-electron chi connectivity index (χ4n) is 3.45. The number of benzene rings is 1. The molecule has 0 unspecified atom stereocenters. The van der Waals surface area contributed by atoms with Crippen molar-refractivity contribution in [1.29, 1.82) is 0 Å². The number of aromatic amines is 1. The van der Waals surface area contributed by atoms with E-state index in [2.05, 4.69) is 4.98 Å². The molecule has 0 saturated carbocycles. The van der Waals surface area contributed by atoms with E-state index in [1.165, 1.54) is 15.9 Å². The summed E-state index contributed by atoms with van der Waals surface area (Å²) in [7, 11) is 0. The molecule has 1 amide bonds. The van der Waals surface area contributed by atoms with Gasteiger partial charge in [0.25, 0.3) is 11.5 Å². The Balaban J connectivity index is 1.56. The van der Waals surface area contributed by atoms with Gasteiger partial charge in [0.15, 0.2) is 0 Å². The molecular formula is C18H15Cl2N3O3S. The molecule has 1 aliphatic rings. The van der Waals surface area contributed by atoms with Crippen LogP contribution in [-0.4, -0.2) is 33.4 Å². The van der Waals surface area contributed by atoms with Gasteiger partial charge in [0.2, 0.25) is 0 Å².